The highest BCUT2D eigenvalue weighted by Crippen LogP contribution is 2.22. The second-order valence-corrected chi connectivity index (χ2v) is 4.10. The summed E-state index contributed by atoms with van der Waals surface area (Å²) >= 11 is 0. The highest BCUT2D eigenvalue weighted by molar-refractivity contribution is 6.12. The van der Waals surface area contributed by atoms with E-state index in [-0.39, 0.29) is 5.78 Å². The summed E-state index contributed by atoms with van der Waals surface area (Å²) in [7, 11) is 1.29. The Labute approximate surface area is 111 Å². The summed E-state index contributed by atoms with van der Waals surface area (Å²) in [6.07, 6.45) is 0. The number of hydrogen-bond acceptors (Lipinski definition) is 3. The van der Waals surface area contributed by atoms with Crippen molar-refractivity contribution in [2.75, 3.05) is 7.11 Å². The van der Waals surface area contributed by atoms with Crippen molar-refractivity contribution in [2.45, 2.75) is 5.92 Å². The van der Waals surface area contributed by atoms with E-state index in [1.54, 1.807) is 48.5 Å². The molecule has 0 amide bonds. The Bertz CT molecular complexity index is 561. The van der Waals surface area contributed by atoms with Gasteiger partial charge in [-0.25, -0.2) is 0 Å². The summed E-state index contributed by atoms with van der Waals surface area (Å²) in [4.78, 5) is 24.3. The van der Waals surface area contributed by atoms with E-state index in [1.165, 1.54) is 7.11 Å². The van der Waals surface area contributed by atoms with Crippen LogP contribution in [0.15, 0.2) is 60.7 Å². The van der Waals surface area contributed by atoms with Crippen LogP contribution < -0.4 is 0 Å². The summed E-state index contributed by atoms with van der Waals surface area (Å²) < 4.78 is 4.75. The molecule has 2 rings (SSSR count). The van der Waals surface area contributed by atoms with Crippen molar-refractivity contribution in [3.63, 3.8) is 0 Å². The van der Waals surface area contributed by atoms with Gasteiger partial charge in [0.15, 0.2) is 5.78 Å². The Morgan fingerprint density at radius 2 is 1.42 bits per heavy atom. The average Bonchev–Trinajstić information content (AvgIpc) is 2.49. The van der Waals surface area contributed by atoms with Crippen LogP contribution in [0.25, 0.3) is 0 Å². The van der Waals surface area contributed by atoms with Gasteiger partial charge in [-0.05, 0) is 5.56 Å². The molecule has 0 unspecified atom stereocenters. The molecule has 19 heavy (non-hydrogen) atoms. The molecule has 2 aromatic rings. The third-order valence-electron chi connectivity index (χ3n) is 2.89. The molecule has 0 saturated carbocycles. The largest absolute Gasteiger partial charge is 0.468 e. The minimum atomic E-state index is -0.909. The van der Waals surface area contributed by atoms with Gasteiger partial charge in [0.1, 0.15) is 5.92 Å². The van der Waals surface area contributed by atoms with E-state index in [9.17, 15) is 9.59 Å². The van der Waals surface area contributed by atoms with Gasteiger partial charge in [-0.2, -0.15) is 0 Å². The number of rotatable bonds is 4. The molecule has 0 heterocycles. The van der Waals surface area contributed by atoms with Crippen molar-refractivity contribution in [2.24, 2.45) is 0 Å². The van der Waals surface area contributed by atoms with E-state index >= 15 is 0 Å². The maximum Gasteiger partial charge on any atom is 0.321 e. The summed E-state index contributed by atoms with van der Waals surface area (Å²) in [5.41, 5.74) is 1.14. The number of ketones is 1. The fourth-order valence-electron chi connectivity index (χ4n) is 1.93. The highest BCUT2D eigenvalue weighted by Gasteiger charge is 2.29. The lowest BCUT2D eigenvalue weighted by Crippen LogP contribution is -2.23. The highest BCUT2D eigenvalue weighted by atomic mass is 16.5. The van der Waals surface area contributed by atoms with E-state index in [0.29, 0.717) is 11.1 Å². The van der Waals surface area contributed by atoms with Crippen LogP contribution in [0.1, 0.15) is 21.8 Å². The van der Waals surface area contributed by atoms with E-state index < -0.39 is 11.9 Å². The van der Waals surface area contributed by atoms with Crippen LogP contribution >= 0.6 is 0 Å². The maximum absolute atomic E-state index is 12.4. The van der Waals surface area contributed by atoms with Gasteiger partial charge < -0.3 is 4.74 Å². The SMILES string of the molecule is COC(=O)[C@H](C(=O)c1ccccc1)c1ccccc1. The molecule has 0 spiro atoms. The molecule has 1 atom stereocenters. The second kappa shape index (κ2) is 5.96. The number of esters is 1. The van der Waals surface area contributed by atoms with Crippen molar-refractivity contribution >= 4 is 11.8 Å². The number of hydrogen-bond donors (Lipinski definition) is 0. The van der Waals surface area contributed by atoms with E-state index in [2.05, 4.69) is 0 Å². The van der Waals surface area contributed by atoms with E-state index in [1.807, 2.05) is 12.1 Å². The Kier molecular flexibility index (Phi) is 4.08. The van der Waals surface area contributed by atoms with Crippen LogP contribution in [0, 0.1) is 0 Å². The summed E-state index contributed by atoms with van der Waals surface area (Å²) in [6.45, 7) is 0. The molecule has 3 heteroatoms. The zero-order valence-electron chi connectivity index (χ0n) is 10.6. The van der Waals surface area contributed by atoms with Gasteiger partial charge in [-0.3, -0.25) is 9.59 Å². The molecule has 0 aromatic heterocycles. The topological polar surface area (TPSA) is 43.4 Å². The van der Waals surface area contributed by atoms with Crippen LogP contribution in [0.5, 0.6) is 0 Å². The second-order valence-electron chi connectivity index (χ2n) is 4.10. The van der Waals surface area contributed by atoms with Crippen molar-refractivity contribution in [3.8, 4) is 0 Å². The normalized spacial score (nSPS) is 11.6. The molecule has 2 aromatic carbocycles. The van der Waals surface area contributed by atoms with E-state index in [0.717, 1.165) is 0 Å². The fraction of sp³-hybridized carbons (Fsp3) is 0.125. The number of carbonyl (C=O) groups is 2. The molecular formula is C16H14O3. The van der Waals surface area contributed by atoms with Crippen molar-refractivity contribution in [1.82, 2.24) is 0 Å². The minimum Gasteiger partial charge on any atom is -0.468 e. The Morgan fingerprint density at radius 1 is 0.895 bits per heavy atom. The third kappa shape index (κ3) is 2.88. The fourth-order valence-corrected chi connectivity index (χ4v) is 1.93. The predicted molar refractivity (Wildman–Crippen MR) is 72.0 cm³/mol. The first-order chi connectivity index (χ1) is 9.24. The van der Waals surface area contributed by atoms with Gasteiger partial charge in [0, 0.05) is 5.56 Å². The predicted octanol–water partition coefficient (Wildman–Crippen LogP) is 2.83. The van der Waals surface area contributed by atoms with Crippen molar-refractivity contribution < 1.29 is 14.3 Å². The molecule has 3 nitrogen and oxygen atoms in total. The van der Waals surface area contributed by atoms with Gasteiger partial charge in [-0.1, -0.05) is 60.7 Å². The van der Waals surface area contributed by atoms with Crippen LogP contribution in [0.4, 0.5) is 0 Å². The first kappa shape index (κ1) is 13.0. The average molecular weight is 254 g/mol. The first-order valence-corrected chi connectivity index (χ1v) is 5.96. The third-order valence-corrected chi connectivity index (χ3v) is 2.89. The molecule has 0 radical (unpaired) electrons. The van der Waals surface area contributed by atoms with Gasteiger partial charge in [0.2, 0.25) is 0 Å². The van der Waals surface area contributed by atoms with E-state index in [4.69, 9.17) is 4.74 Å². The van der Waals surface area contributed by atoms with Crippen LogP contribution in [-0.4, -0.2) is 18.9 Å². The number of benzene rings is 2. The zero-order valence-corrected chi connectivity index (χ0v) is 10.6. The molecular weight excluding hydrogens is 240 g/mol. The maximum atomic E-state index is 12.4. The van der Waals surface area contributed by atoms with Gasteiger partial charge in [0.05, 0.1) is 7.11 Å². The minimum absolute atomic E-state index is 0.251. The summed E-state index contributed by atoms with van der Waals surface area (Å²) in [5, 5.41) is 0. The molecule has 0 aliphatic heterocycles. The van der Waals surface area contributed by atoms with Gasteiger partial charge in [-0.15, -0.1) is 0 Å². The van der Waals surface area contributed by atoms with Crippen LogP contribution in [-0.2, 0) is 9.53 Å². The zero-order chi connectivity index (χ0) is 13.7. The molecule has 0 aliphatic rings. The number of methoxy groups -OCH3 is 1. The van der Waals surface area contributed by atoms with Crippen LogP contribution in [0.2, 0.25) is 0 Å². The van der Waals surface area contributed by atoms with Crippen LogP contribution in [0.3, 0.4) is 0 Å². The Hall–Kier alpha value is -2.42. The smallest absolute Gasteiger partial charge is 0.321 e. The molecule has 0 saturated heterocycles. The molecule has 0 aliphatic carbocycles. The summed E-state index contributed by atoms with van der Waals surface area (Å²) in [5.74, 6) is -1.70. The van der Waals surface area contributed by atoms with Crippen molar-refractivity contribution in [1.29, 1.82) is 0 Å². The lowest BCUT2D eigenvalue weighted by Gasteiger charge is -2.13. The quantitative estimate of drug-likeness (QED) is 0.478. The first-order valence-electron chi connectivity index (χ1n) is 5.96. The van der Waals surface area contributed by atoms with Crippen molar-refractivity contribution in [3.05, 3.63) is 71.8 Å². The number of Topliss-reactive ketones (excluding diaryl/α,β-unsaturated/α-hetero) is 1. The number of carbonyl (C=O) groups excluding carboxylic acids is 2. The molecule has 0 bridgehead atoms. The molecule has 96 valence electrons. The summed E-state index contributed by atoms with van der Waals surface area (Å²) in [6, 6.07) is 17.7. The number of ether oxygens (including phenoxy) is 1. The Morgan fingerprint density at radius 3 is 1.95 bits per heavy atom. The monoisotopic (exact) mass is 254 g/mol. The molecule has 0 fully saturated rings. The standard InChI is InChI=1S/C16H14O3/c1-19-16(18)14(12-8-4-2-5-9-12)15(17)13-10-6-3-7-11-13/h2-11,14H,1H3/t14-/m0/s1. The lowest BCUT2D eigenvalue weighted by atomic mass is 9.91. The molecule has 0 N–H and O–H groups in total. The lowest BCUT2D eigenvalue weighted by molar-refractivity contribution is -0.141. The van der Waals surface area contributed by atoms with Gasteiger partial charge in [0.25, 0.3) is 0 Å². The van der Waals surface area contributed by atoms with Gasteiger partial charge >= 0.3 is 5.97 Å². The Balaban J connectivity index is 2.40.